The highest BCUT2D eigenvalue weighted by Gasteiger charge is 2.41. The number of methoxy groups -OCH3 is 1. The molecule has 1 atom stereocenters. The molecular formula is C24H21F3N8O. The highest BCUT2D eigenvalue weighted by molar-refractivity contribution is 5.65. The molecule has 0 spiro atoms. The van der Waals surface area contributed by atoms with Crippen molar-refractivity contribution in [1.82, 2.24) is 34.3 Å². The third kappa shape index (κ3) is 4.69. The summed E-state index contributed by atoms with van der Waals surface area (Å²) in [6.07, 6.45) is 0.100. The molecule has 0 aliphatic carbocycles. The Morgan fingerprint density at radius 3 is 2.53 bits per heavy atom. The average molecular weight is 494 g/mol. The average Bonchev–Trinajstić information content (AvgIpc) is 3.47. The molecule has 4 heterocycles. The summed E-state index contributed by atoms with van der Waals surface area (Å²) < 4.78 is 50.1. The van der Waals surface area contributed by atoms with Gasteiger partial charge in [-0.1, -0.05) is 12.1 Å². The summed E-state index contributed by atoms with van der Waals surface area (Å²) in [6.45, 7) is 0. The van der Waals surface area contributed by atoms with Crippen molar-refractivity contribution < 1.29 is 17.9 Å². The maximum absolute atomic E-state index is 13.9. The van der Waals surface area contributed by atoms with Crippen molar-refractivity contribution in [1.29, 1.82) is 0 Å². The third-order valence-corrected chi connectivity index (χ3v) is 5.79. The highest BCUT2D eigenvalue weighted by Crippen LogP contribution is 2.38. The van der Waals surface area contributed by atoms with Gasteiger partial charge in [-0.15, -0.1) is 10.2 Å². The van der Waals surface area contributed by atoms with Gasteiger partial charge >= 0.3 is 6.18 Å². The number of alkyl halides is 3. The van der Waals surface area contributed by atoms with Crippen LogP contribution in [0.5, 0.6) is 5.75 Å². The Balaban J connectivity index is 1.42. The van der Waals surface area contributed by atoms with E-state index < -0.39 is 12.1 Å². The van der Waals surface area contributed by atoms with Crippen molar-refractivity contribution in [3.63, 3.8) is 0 Å². The Labute approximate surface area is 203 Å². The molecule has 0 bridgehead atoms. The fourth-order valence-corrected chi connectivity index (χ4v) is 3.87. The van der Waals surface area contributed by atoms with Crippen molar-refractivity contribution in [2.75, 3.05) is 12.4 Å². The molecule has 1 aromatic carbocycles. The maximum atomic E-state index is 13.9. The number of benzene rings is 1. The van der Waals surface area contributed by atoms with Crippen LogP contribution >= 0.6 is 0 Å². The van der Waals surface area contributed by atoms with Crippen LogP contribution in [0.4, 0.5) is 24.9 Å². The molecule has 0 saturated heterocycles. The van der Waals surface area contributed by atoms with E-state index in [1.165, 1.54) is 31.4 Å². The molecule has 0 radical (unpaired) electrons. The van der Waals surface area contributed by atoms with Gasteiger partial charge in [0.2, 0.25) is 5.95 Å². The first-order valence-corrected chi connectivity index (χ1v) is 10.9. The lowest BCUT2D eigenvalue weighted by Crippen LogP contribution is -2.24. The predicted octanol–water partition coefficient (Wildman–Crippen LogP) is 4.56. The Hall–Kier alpha value is -4.48. The molecule has 0 fully saturated rings. The Kier molecular flexibility index (Phi) is 6.00. The van der Waals surface area contributed by atoms with Gasteiger partial charge in [0, 0.05) is 37.5 Å². The van der Waals surface area contributed by atoms with Crippen LogP contribution in [0.15, 0.2) is 67.1 Å². The first-order chi connectivity index (χ1) is 17.3. The number of aromatic nitrogens is 7. The molecule has 9 nitrogen and oxygen atoms in total. The number of nitrogens with one attached hydrogen (secondary N) is 1. The molecule has 0 aliphatic rings. The van der Waals surface area contributed by atoms with E-state index in [9.17, 15) is 13.2 Å². The maximum Gasteiger partial charge on any atom is 0.396 e. The van der Waals surface area contributed by atoms with Gasteiger partial charge in [-0.25, -0.2) is 9.97 Å². The number of ether oxygens (including phenoxy) is 1. The standard InChI is InChI=1S/C24H21F3N8O/c1-34-20(8-11-29-34)31-23-28-10-7-19(30-23)16-9-12-35-21(13-16)32-33-22(35)14-18(24(25,26)27)15-3-5-17(36-2)6-4-15/h3-13,18H,14H2,1-2H3,(H,28,30,31)/t18-/m0/s1. The van der Waals surface area contributed by atoms with Gasteiger partial charge in [-0.3, -0.25) is 9.08 Å². The van der Waals surface area contributed by atoms with E-state index in [2.05, 4.69) is 30.6 Å². The molecule has 0 amide bonds. The van der Waals surface area contributed by atoms with Crippen molar-refractivity contribution in [2.45, 2.75) is 18.5 Å². The molecule has 0 saturated carbocycles. The van der Waals surface area contributed by atoms with E-state index in [0.717, 1.165) is 11.4 Å². The quantitative estimate of drug-likeness (QED) is 0.354. The summed E-state index contributed by atoms with van der Waals surface area (Å²) in [6, 6.07) is 12.9. The van der Waals surface area contributed by atoms with E-state index in [4.69, 9.17) is 4.74 Å². The second-order valence-corrected chi connectivity index (χ2v) is 8.06. The molecular weight excluding hydrogens is 473 g/mol. The van der Waals surface area contributed by atoms with Crippen molar-refractivity contribution in [3.8, 4) is 17.0 Å². The van der Waals surface area contributed by atoms with E-state index in [1.807, 2.05) is 0 Å². The van der Waals surface area contributed by atoms with Crippen LogP contribution < -0.4 is 10.1 Å². The van der Waals surface area contributed by atoms with Crippen LogP contribution in [-0.2, 0) is 13.5 Å². The SMILES string of the molecule is COc1ccc([C@H](Cc2nnc3cc(-c4ccnc(Nc5ccnn5C)n4)ccn23)C(F)(F)F)cc1. The Morgan fingerprint density at radius 2 is 1.83 bits per heavy atom. The van der Waals surface area contributed by atoms with Crippen LogP contribution in [0.25, 0.3) is 16.9 Å². The van der Waals surface area contributed by atoms with Gasteiger partial charge in [0.1, 0.15) is 17.4 Å². The zero-order chi connectivity index (χ0) is 25.3. The zero-order valence-electron chi connectivity index (χ0n) is 19.3. The van der Waals surface area contributed by atoms with E-state index in [0.29, 0.717) is 23.0 Å². The van der Waals surface area contributed by atoms with E-state index in [1.54, 1.807) is 59.0 Å². The Morgan fingerprint density at radius 1 is 1.03 bits per heavy atom. The number of rotatable bonds is 7. The molecule has 1 N–H and O–H groups in total. The lowest BCUT2D eigenvalue weighted by atomic mass is 9.94. The van der Waals surface area contributed by atoms with Crippen LogP contribution in [0.2, 0.25) is 0 Å². The highest BCUT2D eigenvalue weighted by atomic mass is 19.4. The summed E-state index contributed by atoms with van der Waals surface area (Å²) >= 11 is 0. The summed E-state index contributed by atoms with van der Waals surface area (Å²) in [5.74, 6) is 0.0591. The Bertz CT molecular complexity index is 1490. The monoisotopic (exact) mass is 494 g/mol. The molecule has 0 aliphatic heterocycles. The number of hydrogen-bond donors (Lipinski definition) is 1. The topological polar surface area (TPSA) is 95.0 Å². The number of nitrogens with zero attached hydrogens (tertiary/aromatic N) is 7. The molecule has 5 aromatic rings. The minimum Gasteiger partial charge on any atom is -0.497 e. The van der Waals surface area contributed by atoms with Crippen molar-refractivity contribution >= 4 is 17.4 Å². The number of anilines is 2. The zero-order valence-corrected chi connectivity index (χ0v) is 19.3. The van der Waals surface area contributed by atoms with Crippen molar-refractivity contribution in [3.05, 3.63) is 78.5 Å². The first kappa shape index (κ1) is 23.3. The van der Waals surface area contributed by atoms with Crippen LogP contribution in [0, 0.1) is 0 Å². The second-order valence-electron chi connectivity index (χ2n) is 8.06. The van der Waals surface area contributed by atoms with Gasteiger partial charge in [0.05, 0.1) is 24.9 Å². The summed E-state index contributed by atoms with van der Waals surface area (Å²) in [4.78, 5) is 8.76. The molecule has 184 valence electrons. The van der Waals surface area contributed by atoms with Crippen LogP contribution in [0.1, 0.15) is 17.3 Å². The number of halogens is 3. The normalized spacial score (nSPS) is 12.6. The second kappa shape index (κ2) is 9.29. The third-order valence-electron chi connectivity index (χ3n) is 5.79. The number of aryl methyl sites for hydroxylation is 1. The molecule has 12 heteroatoms. The van der Waals surface area contributed by atoms with Gasteiger partial charge in [-0.2, -0.15) is 18.3 Å². The smallest absolute Gasteiger partial charge is 0.396 e. The van der Waals surface area contributed by atoms with E-state index in [-0.39, 0.29) is 17.8 Å². The first-order valence-electron chi connectivity index (χ1n) is 10.9. The van der Waals surface area contributed by atoms with Crippen LogP contribution in [-0.4, -0.2) is 47.6 Å². The van der Waals surface area contributed by atoms with Crippen LogP contribution in [0.3, 0.4) is 0 Å². The minimum absolute atomic E-state index is 0.131. The summed E-state index contributed by atoms with van der Waals surface area (Å²) in [5.41, 5.74) is 1.89. The fourth-order valence-electron chi connectivity index (χ4n) is 3.87. The lowest BCUT2D eigenvalue weighted by molar-refractivity contribution is -0.150. The van der Waals surface area contributed by atoms with Gasteiger partial charge in [-0.05, 0) is 35.9 Å². The van der Waals surface area contributed by atoms with Gasteiger partial charge < -0.3 is 10.1 Å². The summed E-state index contributed by atoms with van der Waals surface area (Å²) in [7, 11) is 3.26. The minimum atomic E-state index is -4.46. The fraction of sp³-hybridized carbons (Fsp3) is 0.208. The largest absolute Gasteiger partial charge is 0.497 e. The molecule has 36 heavy (non-hydrogen) atoms. The molecule has 5 rings (SSSR count). The predicted molar refractivity (Wildman–Crippen MR) is 126 cm³/mol. The van der Waals surface area contributed by atoms with E-state index >= 15 is 0 Å². The van der Waals surface area contributed by atoms with Gasteiger partial charge in [0.15, 0.2) is 5.65 Å². The lowest BCUT2D eigenvalue weighted by Gasteiger charge is -2.20. The molecule has 4 aromatic heterocycles. The number of pyridine rings is 1. The van der Waals surface area contributed by atoms with Crippen molar-refractivity contribution in [2.24, 2.45) is 7.05 Å². The number of fused-ring (bicyclic) bond motifs is 1. The number of hydrogen-bond acceptors (Lipinski definition) is 7. The van der Waals surface area contributed by atoms with Gasteiger partial charge in [0.25, 0.3) is 0 Å². The summed E-state index contributed by atoms with van der Waals surface area (Å²) in [5, 5.41) is 15.4. The molecule has 0 unspecified atom stereocenters.